The topological polar surface area (TPSA) is 47.7 Å². The van der Waals surface area contributed by atoms with Gasteiger partial charge in [0.2, 0.25) is 5.89 Å². The van der Waals surface area contributed by atoms with E-state index in [1.807, 2.05) is 49.3 Å². The number of alkyl halides is 3. The summed E-state index contributed by atoms with van der Waals surface area (Å²) >= 11 is 0. The molecule has 0 saturated heterocycles. The molecule has 0 aliphatic heterocycles. The van der Waals surface area contributed by atoms with Crippen molar-refractivity contribution >= 4 is 28.9 Å². The van der Waals surface area contributed by atoms with E-state index in [0.29, 0.717) is 28.3 Å². The van der Waals surface area contributed by atoms with Gasteiger partial charge in [-0.2, -0.15) is 0 Å². The van der Waals surface area contributed by atoms with E-state index < -0.39 is 6.36 Å². The third-order valence-corrected chi connectivity index (χ3v) is 4.77. The third kappa shape index (κ3) is 6.06. The average Bonchev–Trinajstić information content (AvgIpc) is 3.19. The van der Waals surface area contributed by atoms with E-state index >= 15 is 0 Å². The predicted octanol–water partition coefficient (Wildman–Crippen LogP) is 6.54. The van der Waals surface area contributed by atoms with Gasteiger partial charge in [-0.25, -0.2) is 4.98 Å². The molecule has 5 nitrogen and oxygen atoms in total. The first-order valence-corrected chi connectivity index (χ1v) is 10.1. The minimum absolute atomic E-state index is 0.182. The standard InChI is InChI=1S/C25H21F3N2O3/c1-30(2)19-8-3-17(4-9-19)7-14-24-29-22-13-12-21(15-23(22)32-24)31-16-18-5-10-20(11-6-18)33-25(26,27)28/h3-15H,16H2,1-2H3/b14-7+. The van der Waals surface area contributed by atoms with Gasteiger partial charge < -0.3 is 18.8 Å². The minimum atomic E-state index is -4.71. The first-order chi connectivity index (χ1) is 15.7. The zero-order valence-electron chi connectivity index (χ0n) is 18.0. The van der Waals surface area contributed by atoms with Gasteiger partial charge >= 0.3 is 6.36 Å². The highest BCUT2D eigenvalue weighted by atomic mass is 19.4. The molecular formula is C25H21F3N2O3. The Bertz CT molecular complexity index is 1240. The molecule has 170 valence electrons. The number of benzene rings is 3. The van der Waals surface area contributed by atoms with Gasteiger partial charge in [0.15, 0.2) is 5.58 Å². The third-order valence-electron chi connectivity index (χ3n) is 4.77. The van der Waals surface area contributed by atoms with Crippen molar-refractivity contribution in [3.8, 4) is 11.5 Å². The fourth-order valence-corrected chi connectivity index (χ4v) is 3.09. The van der Waals surface area contributed by atoms with Crippen molar-refractivity contribution in [3.05, 3.63) is 83.7 Å². The highest BCUT2D eigenvalue weighted by molar-refractivity contribution is 5.77. The molecule has 0 radical (unpaired) electrons. The Morgan fingerprint density at radius 2 is 1.61 bits per heavy atom. The van der Waals surface area contributed by atoms with Crippen LogP contribution in [-0.2, 0) is 6.61 Å². The molecule has 0 aliphatic carbocycles. The maximum absolute atomic E-state index is 12.2. The second-order valence-corrected chi connectivity index (χ2v) is 7.48. The Kier molecular flexibility index (Phi) is 6.26. The number of oxazole rings is 1. The monoisotopic (exact) mass is 454 g/mol. The van der Waals surface area contributed by atoms with Crippen LogP contribution in [0.5, 0.6) is 11.5 Å². The quantitative estimate of drug-likeness (QED) is 0.317. The van der Waals surface area contributed by atoms with Crippen LogP contribution < -0.4 is 14.4 Å². The Labute approximate surface area is 188 Å². The molecule has 1 aromatic heterocycles. The van der Waals surface area contributed by atoms with Crippen LogP contribution in [0.15, 0.2) is 71.1 Å². The number of hydrogen-bond acceptors (Lipinski definition) is 5. The second-order valence-electron chi connectivity index (χ2n) is 7.48. The van der Waals surface area contributed by atoms with Crippen LogP contribution in [0.25, 0.3) is 23.3 Å². The summed E-state index contributed by atoms with van der Waals surface area (Å²) in [6.07, 6.45) is -0.987. The summed E-state index contributed by atoms with van der Waals surface area (Å²) in [6.45, 7) is 0.182. The van der Waals surface area contributed by atoms with Crippen molar-refractivity contribution in [2.75, 3.05) is 19.0 Å². The normalized spacial score (nSPS) is 11.8. The SMILES string of the molecule is CN(C)c1ccc(/C=C/c2nc3ccc(OCc4ccc(OC(F)(F)F)cc4)cc3o2)cc1. The van der Waals surface area contributed by atoms with Crippen LogP contribution in [0.2, 0.25) is 0 Å². The number of fused-ring (bicyclic) bond motifs is 1. The molecule has 0 aliphatic rings. The van der Waals surface area contributed by atoms with Gasteiger partial charge in [-0.1, -0.05) is 24.3 Å². The Morgan fingerprint density at radius 3 is 2.27 bits per heavy atom. The Hall–Kier alpha value is -3.94. The summed E-state index contributed by atoms with van der Waals surface area (Å²) < 4.78 is 52.1. The number of halogens is 3. The predicted molar refractivity (Wildman–Crippen MR) is 121 cm³/mol. The van der Waals surface area contributed by atoms with E-state index in [9.17, 15) is 13.2 Å². The highest BCUT2D eigenvalue weighted by Crippen LogP contribution is 2.25. The van der Waals surface area contributed by atoms with Gasteiger partial charge in [-0.05, 0) is 53.6 Å². The number of rotatable bonds is 7. The number of hydrogen-bond donors (Lipinski definition) is 0. The largest absolute Gasteiger partial charge is 0.573 e. The molecule has 3 aromatic carbocycles. The van der Waals surface area contributed by atoms with Gasteiger partial charge in [0.25, 0.3) is 0 Å². The summed E-state index contributed by atoms with van der Waals surface area (Å²) in [7, 11) is 3.98. The first-order valence-electron chi connectivity index (χ1n) is 10.1. The zero-order valence-corrected chi connectivity index (χ0v) is 18.0. The van der Waals surface area contributed by atoms with Crippen LogP contribution in [-0.4, -0.2) is 25.4 Å². The summed E-state index contributed by atoms with van der Waals surface area (Å²) in [6, 6.07) is 18.9. The van der Waals surface area contributed by atoms with E-state index in [1.54, 1.807) is 24.3 Å². The van der Waals surface area contributed by atoms with Crippen molar-refractivity contribution in [1.82, 2.24) is 4.98 Å². The molecule has 8 heteroatoms. The zero-order chi connectivity index (χ0) is 23.4. The second kappa shape index (κ2) is 9.28. The van der Waals surface area contributed by atoms with Crippen molar-refractivity contribution in [3.63, 3.8) is 0 Å². The maximum atomic E-state index is 12.2. The summed E-state index contributed by atoms with van der Waals surface area (Å²) in [5.41, 5.74) is 4.11. The lowest BCUT2D eigenvalue weighted by molar-refractivity contribution is -0.274. The molecular weight excluding hydrogens is 433 g/mol. The van der Waals surface area contributed by atoms with E-state index in [0.717, 1.165) is 11.3 Å². The summed E-state index contributed by atoms with van der Waals surface area (Å²) in [4.78, 5) is 6.48. The van der Waals surface area contributed by atoms with Crippen molar-refractivity contribution in [2.45, 2.75) is 13.0 Å². The van der Waals surface area contributed by atoms with E-state index in [2.05, 4.69) is 9.72 Å². The molecule has 4 aromatic rings. The summed E-state index contributed by atoms with van der Waals surface area (Å²) in [5.74, 6) is 0.756. The lowest BCUT2D eigenvalue weighted by Crippen LogP contribution is -2.17. The van der Waals surface area contributed by atoms with Gasteiger partial charge in [-0.15, -0.1) is 13.2 Å². The van der Waals surface area contributed by atoms with E-state index in [1.165, 1.54) is 24.3 Å². The van der Waals surface area contributed by atoms with Crippen molar-refractivity contribution in [1.29, 1.82) is 0 Å². The molecule has 1 heterocycles. The maximum Gasteiger partial charge on any atom is 0.573 e. The van der Waals surface area contributed by atoms with Gasteiger partial charge in [0.1, 0.15) is 23.6 Å². The lowest BCUT2D eigenvalue weighted by Gasteiger charge is -2.11. The van der Waals surface area contributed by atoms with Gasteiger partial charge in [0, 0.05) is 31.9 Å². The summed E-state index contributed by atoms with van der Waals surface area (Å²) in [5, 5.41) is 0. The molecule has 0 bridgehead atoms. The Morgan fingerprint density at radius 1 is 0.909 bits per heavy atom. The number of aromatic nitrogens is 1. The molecule has 0 fully saturated rings. The van der Waals surface area contributed by atoms with Gasteiger partial charge in [0.05, 0.1) is 0 Å². The fourth-order valence-electron chi connectivity index (χ4n) is 3.09. The van der Waals surface area contributed by atoms with Crippen LogP contribution in [0.1, 0.15) is 17.0 Å². The van der Waals surface area contributed by atoms with Crippen LogP contribution >= 0.6 is 0 Å². The van der Waals surface area contributed by atoms with E-state index in [-0.39, 0.29) is 12.4 Å². The molecule has 0 unspecified atom stereocenters. The number of anilines is 1. The smallest absolute Gasteiger partial charge is 0.489 e. The highest BCUT2D eigenvalue weighted by Gasteiger charge is 2.30. The van der Waals surface area contributed by atoms with Crippen LogP contribution in [0.3, 0.4) is 0 Å². The van der Waals surface area contributed by atoms with Crippen molar-refractivity contribution in [2.24, 2.45) is 0 Å². The molecule has 4 rings (SSSR count). The molecule has 0 saturated carbocycles. The number of ether oxygens (including phenoxy) is 2. The molecule has 33 heavy (non-hydrogen) atoms. The molecule has 0 atom stereocenters. The fraction of sp³-hybridized carbons (Fsp3) is 0.160. The van der Waals surface area contributed by atoms with Crippen molar-refractivity contribution < 1.29 is 27.1 Å². The van der Waals surface area contributed by atoms with Crippen LogP contribution in [0.4, 0.5) is 18.9 Å². The lowest BCUT2D eigenvalue weighted by atomic mass is 10.2. The van der Waals surface area contributed by atoms with Gasteiger partial charge in [-0.3, -0.25) is 0 Å². The first kappa shape index (κ1) is 22.3. The minimum Gasteiger partial charge on any atom is -0.489 e. The molecule has 0 N–H and O–H groups in total. The molecule has 0 amide bonds. The average molecular weight is 454 g/mol. The van der Waals surface area contributed by atoms with Crippen LogP contribution in [0, 0.1) is 0 Å². The molecule has 0 spiro atoms. The Balaban J connectivity index is 1.39. The number of nitrogens with zero attached hydrogens (tertiary/aromatic N) is 2. The van der Waals surface area contributed by atoms with E-state index in [4.69, 9.17) is 9.15 Å².